The summed E-state index contributed by atoms with van der Waals surface area (Å²) in [6.07, 6.45) is 0. The quantitative estimate of drug-likeness (QED) is 0.327. The Morgan fingerprint density at radius 2 is 0.727 bits per heavy atom. The van der Waals surface area contributed by atoms with Crippen LogP contribution in [0.15, 0.2) is 0 Å². The first-order valence-corrected chi connectivity index (χ1v) is 3.91. The maximum atomic E-state index is 8.74. The molecule has 11 heteroatoms. The summed E-state index contributed by atoms with van der Waals surface area (Å²) in [7, 11) is -6.26. The van der Waals surface area contributed by atoms with Gasteiger partial charge in [0, 0.05) is 0 Å². The summed E-state index contributed by atoms with van der Waals surface area (Å²) in [5.74, 6) is 0. The van der Waals surface area contributed by atoms with Crippen LogP contribution in [0.3, 0.4) is 0 Å². The predicted molar refractivity (Wildman–Crippen MR) is 25.1 cm³/mol. The Labute approximate surface area is 199 Å². The van der Waals surface area contributed by atoms with Crippen LogP contribution in [0.1, 0.15) is 4.28 Å². The predicted octanol–water partition coefficient (Wildman–Crippen LogP) is -11.9. The van der Waals surface area contributed by atoms with Gasteiger partial charge in [0.1, 0.15) is 0 Å². The molecule has 0 fully saturated rings. The molecule has 0 saturated carbocycles. The zero-order valence-electron chi connectivity index (χ0n) is 9.61. The van der Waals surface area contributed by atoms with Gasteiger partial charge in [-0.2, -0.15) is 0 Å². The normalized spacial score (nSPS) is 4.36. The van der Waals surface area contributed by atoms with Crippen molar-refractivity contribution in [2.24, 2.45) is 0 Å². The van der Waals surface area contributed by atoms with Crippen molar-refractivity contribution in [3.8, 4) is 0 Å². The smallest absolute Gasteiger partial charge is 1.00 e. The van der Waals surface area contributed by atoms with E-state index in [9.17, 15) is 0 Å². The first-order valence-electron chi connectivity index (χ1n) is 1.30. The van der Waals surface area contributed by atoms with E-state index in [4.69, 9.17) is 28.1 Å². The molecule has 0 heterocycles. The zero-order valence-corrected chi connectivity index (χ0v) is 18.0. The summed E-state index contributed by atoms with van der Waals surface area (Å²) in [4.78, 5) is 28.6. The van der Waals surface area contributed by atoms with Crippen LogP contribution in [0.4, 0.5) is 0 Å². The summed E-state index contributed by atoms with van der Waals surface area (Å²) in [5.41, 5.74) is 0. The third-order valence-corrected chi connectivity index (χ3v) is 0. The fourth-order valence-electron chi connectivity index (χ4n) is 0. The molecule has 0 radical (unpaired) electrons. The number of hydrogen-bond donors (Lipinski definition) is 4. The minimum absolute atomic E-state index is 0. The molecule has 0 bridgehead atoms. The van der Waals surface area contributed by atoms with Gasteiger partial charge in [-0.05, 0) is 0 Å². The number of hydrogen-bond acceptors (Lipinski definition) is 2. The van der Waals surface area contributed by atoms with Gasteiger partial charge >= 0.3 is 172 Å². The maximum absolute atomic E-state index is 8.74. The van der Waals surface area contributed by atoms with Gasteiger partial charge in [0.15, 0.2) is 0 Å². The Balaban J connectivity index is -0.00000000600. The third-order valence-electron chi connectivity index (χ3n) is 0. The van der Waals surface area contributed by atoms with Crippen LogP contribution < -0.4 is 154 Å². The fraction of sp³-hybridized carbons (Fsp3) is 0. The van der Waals surface area contributed by atoms with Gasteiger partial charge in [-0.15, -0.1) is 0 Å². The van der Waals surface area contributed by atoms with E-state index >= 15 is 0 Å². The molecule has 0 atom stereocenters. The second-order valence-corrected chi connectivity index (χ2v) is 1.70. The largest absolute Gasteiger partial charge is 1.00 e. The molecule has 6 nitrogen and oxygen atoms in total. The average Bonchev–Trinajstić information content (AvgIpc) is 1.25. The van der Waals surface area contributed by atoms with Crippen LogP contribution in [0.5, 0.6) is 0 Å². The molecule has 54 valence electrons. The first-order chi connectivity index (χ1) is 3.46. The van der Waals surface area contributed by atoms with E-state index in [0.29, 0.717) is 0 Å². The van der Waals surface area contributed by atoms with Gasteiger partial charge in [0.25, 0.3) is 0 Å². The molecular weight excluding hydrogens is 269 g/mol. The molecule has 0 aliphatic rings. The van der Waals surface area contributed by atoms with Gasteiger partial charge in [0.05, 0.1) is 0 Å². The van der Waals surface area contributed by atoms with Gasteiger partial charge in [-0.1, -0.05) is 0 Å². The molecule has 0 spiro atoms. The van der Waals surface area contributed by atoms with Crippen LogP contribution in [-0.2, 0) is 8.92 Å². The summed E-state index contributed by atoms with van der Waals surface area (Å²) in [6, 6.07) is 0. The van der Waals surface area contributed by atoms with Crippen molar-refractivity contribution < 1.29 is 187 Å². The minimum atomic E-state index is -3.13. The van der Waals surface area contributed by atoms with Crippen molar-refractivity contribution in [2.75, 3.05) is 0 Å². The monoisotopic (exact) mass is 276 g/mol. The summed E-state index contributed by atoms with van der Waals surface area (Å²) in [6.45, 7) is 0. The molecule has 0 aliphatic carbocycles. The maximum Gasteiger partial charge on any atom is 1.00 e. The Bertz CT molecular complexity index is 84.3. The van der Waals surface area contributed by atoms with Crippen LogP contribution in [0, 0.1) is 0 Å². The molecule has 0 amide bonds. The molecule has 0 rings (SSSR count). The van der Waals surface area contributed by atoms with Gasteiger partial charge < -0.3 is 23.5 Å². The fourth-order valence-corrected chi connectivity index (χ4v) is 0. The Morgan fingerprint density at radius 3 is 0.727 bits per heavy atom. The topological polar surface area (TPSA) is 115 Å². The van der Waals surface area contributed by atoms with Crippen molar-refractivity contribution in [3.63, 3.8) is 0 Å². The van der Waals surface area contributed by atoms with Crippen molar-refractivity contribution in [1.82, 2.24) is 0 Å². The summed E-state index contributed by atoms with van der Waals surface area (Å²) in [5, 5.41) is 0. The summed E-state index contributed by atoms with van der Waals surface area (Å²) >= 11 is 0. The van der Waals surface area contributed by atoms with E-state index < -0.39 is 18.3 Å². The van der Waals surface area contributed by atoms with Gasteiger partial charge in [-0.25, -0.2) is 0 Å². The van der Waals surface area contributed by atoms with Crippen molar-refractivity contribution in [2.45, 2.75) is 0 Å². The average molecular weight is 277 g/mol. The first kappa shape index (κ1) is 29.4. The van der Waals surface area contributed by atoms with E-state index in [-0.39, 0.29) is 158 Å². The molecule has 0 aromatic heterocycles. The Hall–Kier alpha value is 4.14. The molecular formula is H7K3O6Si2. The van der Waals surface area contributed by atoms with Crippen LogP contribution >= 0.6 is 0 Å². The molecule has 0 unspecified atom stereocenters. The van der Waals surface area contributed by atoms with Crippen LogP contribution in [0.25, 0.3) is 0 Å². The van der Waals surface area contributed by atoms with E-state index in [1.807, 2.05) is 0 Å². The van der Waals surface area contributed by atoms with Gasteiger partial charge in [0.2, 0.25) is 0 Å². The zero-order chi connectivity index (χ0) is 7.15. The van der Waals surface area contributed by atoms with E-state index in [2.05, 4.69) is 0 Å². The van der Waals surface area contributed by atoms with Crippen LogP contribution in [0.2, 0.25) is 0 Å². The van der Waals surface area contributed by atoms with Crippen LogP contribution in [-0.4, -0.2) is 37.5 Å². The SMILES string of the molecule is O=[Si](O)O.O=[Si](O)O.[H-].[H-].[H-].[K+].[K+].[K+]. The summed E-state index contributed by atoms with van der Waals surface area (Å²) < 4.78 is 17.5. The van der Waals surface area contributed by atoms with Crippen molar-refractivity contribution in [3.05, 3.63) is 0 Å². The van der Waals surface area contributed by atoms with E-state index in [0.717, 1.165) is 0 Å². The Morgan fingerprint density at radius 1 is 0.727 bits per heavy atom. The molecule has 0 aromatic rings. The number of rotatable bonds is 0. The van der Waals surface area contributed by atoms with Gasteiger partial charge in [-0.3, -0.25) is 8.92 Å². The second kappa shape index (κ2) is 23.7. The minimum Gasteiger partial charge on any atom is -1.00 e. The second-order valence-electron chi connectivity index (χ2n) is 0.565. The van der Waals surface area contributed by atoms with E-state index in [1.165, 1.54) is 0 Å². The molecule has 0 saturated heterocycles. The Kier molecular flexibility index (Phi) is 63.6. The molecule has 4 N–H and O–H groups in total. The molecule has 0 aromatic carbocycles. The molecule has 0 aliphatic heterocycles. The third kappa shape index (κ3) is 122. The van der Waals surface area contributed by atoms with E-state index in [1.54, 1.807) is 0 Å². The standard InChI is InChI=1S/3K.2H2O3Si.3H/c;;;2*1-4(2)3;;;/h;;;2*1-2H;;;/q3*+1;;;3*-1. The van der Waals surface area contributed by atoms with Crippen molar-refractivity contribution >= 4 is 18.3 Å². The van der Waals surface area contributed by atoms with Crippen molar-refractivity contribution in [1.29, 1.82) is 0 Å². The molecule has 11 heavy (non-hydrogen) atoms.